The molecule has 5 nitrogen and oxygen atoms in total. The molecule has 2 rings (SSSR count). The number of thiazole rings is 1. The average Bonchev–Trinajstić information content (AvgIpc) is 2.84. The van der Waals surface area contributed by atoms with Gasteiger partial charge in [-0.3, -0.25) is 4.79 Å². The molecule has 1 aromatic heterocycles. The zero-order valence-electron chi connectivity index (χ0n) is 8.19. The number of nitrogen functional groups attached to an aromatic ring is 1. The van der Waals surface area contributed by atoms with Crippen molar-refractivity contribution in [3.63, 3.8) is 0 Å². The van der Waals surface area contributed by atoms with Gasteiger partial charge >= 0.3 is 0 Å². The number of carbonyl (C=O) groups excluding carboxylic acids is 1. The Bertz CT molecular complexity index is 373. The fourth-order valence-corrected chi connectivity index (χ4v) is 1.94. The van der Waals surface area contributed by atoms with Crippen molar-refractivity contribution in [2.24, 2.45) is 0 Å². The standard InChI is InChI=1S/C9H13N3O2S/c10-8-11-6(4-15-8)3-7(14)12-9(5-13)1-2-9/h4,13H,1-3,5H2,(H2,10,11)(H,12,14). The van der Waals surface area contributed by atoms with Gasteiger partial charge in [-0.1, -0.05) is 0 Å². The van der Waals surface area contributed by atoms with Crippen molar-refractivity contribution in [3.8, 4) is 0 Å². The summed E-state index contributed by atoms with van der Waals surface area (Å²) in [5.74, 6) is -0.105. The largest absolute Gasteiger partial charge is 0.394 e. The van der Waals surface area contributed by atoms with E-state index in [2.05, 4.69) is 10.3 Å². The van der Waals surface area contributed by atoms with Crippen LogP contribution in [0.2, 0.25) is 0 Å². The van der Waals surface area contributed by atoms with E-state index in [0.29, 0.717) is 10.8 Å². The Kier molecular flexibility index (Phi) is 2.62. The highest BCUT2D eigenvalue weighted by Crippen LogP contribution is 2.34. The van der Waals surface area contributed by atoms with Gasteiger partial charge in [0.05, 0.1) is 24.3 Å². The molecule has 4 N–H and O–H groups in total. The number of hydrogen-bond acceptors (Lipinski definition) is 5. The Morgan fingerprint density at radius 2 is 2.47 bits per heavy atom. The van der Waals surface area contributed by atoms with Gasteiger partial charge in [0.1, 0.15) is 0 Å². The first-order valence-electron chi connectivity index (χ1n) is 4.75. The van der Waals surface area contributed by atoms with Gasteiger partial charge in [0, 0.05) is 5.38 Å². The van der Waals surface area contributed by atoms with Crippen LogP contribution in [-0.4, -0.2) is 28.1 Å². The fourth-order valence-electron chi connectivity index (χ4n) is 1.38. The predicted octanol–water partition coefficient (Wildman–Crippen LogP) is -0.0911. The van der Waals surface area contributed by atoms with E-state index >= 15 is 0 Å². The van der Waals surface area contributed by atoms with Gasteiger partial charge in [-0.15, -0.1) is 11.3 Å². The van der Waals surface area contributed by atoms with Crippen LogP contribution < -0.4 is 11.1 Å². The van der Waals surface area contributed by atoms with Crippen LogP contribution in [0.15, 0.2) is 5.38 Å². The highest BCUT2D eigenvalue weighted by atomic mass is 32.1. The SMILES string of the molecule is Nc1nc(CC(=O)NC2(CO)CC2)cs1. The van der Waals surface area contributed by atoms with Crippen LogP contribution in [-0.2, 0) is 11.2 Å². The molecule has 6 heteroatoms. The van der Waals surface area contributed by atoms with Crippen molar-refractivity contribution in [3.05, 3.63) is 11.1 Å². The number of nitrogens with two attached hydrogens (primary N) is 1. The molecular formula is C9H13N3O2S. The van der Waals surface area contributed by atoms with E-state index in [1.54, 1.807) is 5.38 Å². The second-order valence-electron chi connectivity index (χ2n) is 3.84. The molecule has 0 spiro atoms. The number of aromatic nitrogens is 1. The number of aliphatic hydroxyl groups is 1. The molecule has 0 aliphatic heterocycles. The maximum atomic E-state index is 11.5. The Hall–Kier alpha value is -1.14. The number of rotatable bonds is 4. The molecular weight excluding hydrogens is 214 g/mol. The minimum atomic E-state index is -0.349. The lowest BCUT2D eigenvalue weighted by atomic mass is 10.2. The summed E-state index contributed by atoms with van der Waals surface area (Å²) in [4.78, 5) is 15.5. The summed E-state index contributed by atoms with van der Waals surface area (Å²) in [6.07, 6.45) is 1.94. The van der Waals surface area contributed by atoms with E-state index in [4.69, 9.17) is 10.8 Å². The van der Waals surface area contributed by atoms with Crippen molar-refractivity contribution in [2.45, 2.75) is 24.8 Å². The Morgan fingerprint density at radius 1 is 1.73 bits per heavy atom. The topological polar surface area (TPSA) is 88.2 Å². The molecule has 1 aliphatic rings. The number of anilines is 1. The molecule has 1 aromatic rings. The van der Waals surface area contributed by atoms with Gasteiger partial charge in [0.25, 0.3) is 0 Å². The summed E-state index contributed by atoms with van der Waals surface area (Å²) in [7, 11) is 0. The molecule has 1 heterocycles. The Labute approximate surface area is 91.3 Å². The van der Waals surface area contributed by atoms with Crippen LogP contribution in [0.1, 0.15) is 18.5 Å². The van der Waals surface area contributed by atoms with E-state index in [0.717, 1.165) is 12.8 Å². The predicted molar refractivity (Wildman–Crippen MR) is 57.4 cm³/mol. The van der Waals surface area contributed by atoms with E-state index in [-0.39, 0.29) is 24.5 Å². The van der Waals surface area contributed by atoms with Crippen LogP contribution in [0.3, 0.4) is 0 Å². The summed E-state index contributed by atoms with van der Waals surface area (Å²) < 4.78 is 0. The van der Waals surface area contributed by atoms with Gasteiger partial charge in [-0.05, 0) is 12.8 Å². The van der Waals surface area contributed by atoms with Crippen LogP contribution in [0.25, 0.3) is 0 Å². The summed E-state index contributed by atoms with van der Waals surface area (Å²) in [5, 5.41) is 14.1. The number of aliphatic hydroxyl groups excluding tert-OH is 1. The van der Waals surface area contributed by atoms with Crippen molar-refractivity contribution < 1.29 is 9.90 Å². The van der Waals surface area contributed by atoms with Gasteiger partial charge in [0.2, 0.25) is 5.91 Å². The van der Waals surface area contributed by atoms with Crippen molar-refractivity contribution in [2.75, 3.05) is 12.3 Å². The van der Waals surface area contributed by atoms with Crippen LogP contribution in [0.5, 0.6) is 0 Å². The highest BCUT2D eigenvalue weighted by molar-refractivity contribution is 7.13. The molecule has 0 bridgehead atoms. The second-order valence-corrected chi connectivity index (χ2v) is 4.73. The molecule has 0 atom stereocenters. The molecule has 82 valence electrons. The Morgan fingerprint density at radius 3 is 2.93 bits per heavy atom. The number of nitrogens with one attached hydrogen (secondary N) is 1. The third kappa shape index (κ3) is 2.45. The van der Waals surface area contributed by atoms with Gasteiger partial charge in [-0.25, -0.2) is 4.98 Å². The van der Waals surface area contributed by atoms with E-state index < -0.39 is 0 Å². The molecule has 1 amide bonds. The zero-order valence-corrected chi connectivity index (χ0v) is 9.01. The molecule has 0 unspecified atom stereocenters. The highest BCUT2D eigenvalue weighted by Gasteiger charge is 2.43. The minimum absolute atomic E-state index is 0.0118. The minimum Gasteiger partial charge on any atom is -0.394 e. The monoisotopic (exact) mass is 227 g/mol. The molecule has 1 fully saturated rings. The third-order valence-corrected chi connectivity index (χ3v) is 3.19. The Balaban J connectivity index is 1.87. The molecule has 0 saturated heterocycles. The number of carbonyl (C=O) groups is 1. The van der Waals surface area contributed by atoms with Crippen molar-refractivity contribution in [1.82, 2.24) is 10.3 Å². The van der Waals surface area contributed by atoms with E-state index in [1.165, 1.54) is 11.3 Å². The average molecular weight is 227 g/mol. The van der Waals surface area contributed by atoms with Crippen LogP contribution in [0, 0.1) is 0 Å². The normalized spacial score (nSPS) is 17.4. The number of hydrogen-bond donors (Lipinski definition) is 3. The molecule has 1 aliphatic carbocycles. The lowest BCUT2D eigenvalue weighted by Crippen LogP contribution is -2.40. The first-order chi connectivity index (χ1) is 7.13. The molecule has 0 radical (unpaired) electrons. The van der Waals surface area contributed by atoms with Crippen LogP contribution >= 0.6 is 11.3 Å². The molecule has 1 saturated carbocycles. The summed E-state index contributed by atoms with van der Waals surface area (Å²) in [6.45, 7) is 0.0118. The first-order valence-corrected chi connectivity index (χ1v) is 5.63. The van der Waals surface area contributed by atoms with Gasteiger partial charge < -0.3 is 16.2 Å². The maximum absolute atomic E-state index is 11.5. The molecule has 15 heavy (non-hydrogen) atoms. The molecule has 0 aromatic carbocycles. The number of amides is 1. The first kappa shape index (κ1) is 10.4. The summed E-state index contributed by atoms with van der Waals surface area (Å²) >= 11 is 1.32. The van der Waals surface area contributed by atoms with Gasteiger partial charge in [-0.2, -0.15) is 0 Å². The van der Waals surface area contributed by atoms with E-state index in [1.807, 2.05) is 0 Å². The maximum Gasteiger partial charge on any atom is 0.226 e. The van der Waals surface area contributed by atoms with Crippen molar-refractivity contribution >= 4 is 22.4 Å². The third-order valence-electron chi connectivity index (χ3n) is 2.47. The quantitative estimate of drug-likeness (QED) is 0.670. The fraction of sp³-hybridized carbons (Fsp3) is 0.556. The lowest BCUT2D eigenvalue weighted by molar-refractivity contribution is -0.121. The number of nitrogens with zero attached hydrogens (tertiary/aromatic N) is 1. The van der Waals surface area contributed by atoms with Crippen molar-refractivity contribution in [1.29, 1.82) is 0 Å². The second kappa shape index (κ2) is 3.79. The van der Waals surface area contributed by atoms with Crippen LogP contribution in [0.4, 0.5) is 5.13 Å². The zero-order chi connectivity index (χ0) is 10.9. The van der Waals surface area contributed by atoms with E-state index in [9.17, 15) is 4.79 Å². The summed E-state index contributed by atoms with van der Waals surface area (Å²) in [5.41, 5.74) is 5.79. The lowest BCUT2D eigenvalue weighted by Gasteiger charge is -2.13. The smallest absolute Gasteiger partial charge is 0.226 e. The van der Waals surface area contributed by atoms with Gasteiger partial charge in [0.15, 0.2) is 5.13 Å². The summed E-state index contributed by atoms with van der Waals surface area (Å²) in [6, 6.07) is 0.